The maximum absolute atomic E-state index is 4.30. The van der Waals surface area contributed by atoms with Gasteiger partial charge in [-0.2, -0.15) is 5.10 Å². The molecule has 0 aliphatic heterocycles. The van der Waals surface area contributed by atoms with Gasteiger partial charge < -0.3 is 10.6 Å². The number of hydrogen-bond donors (Lipinski definition) is 2. The fourth-order valence-corrected chi connectivity index (χ4v) is 2.41. The molecule has 0 aromatic carbocycles. The van der Waals surface area contributed by atoms with Crippen LogP contribution < -0.4 is 10.6 Å². The molecule has 0 unspecified atom stereocenters. The normalized spacial score (nSPS) is 12.5. The van der Waals surface area contributed by atoms with Crippen molar-refractivity contribution in [1.29, 1.82) is 0 Å². The van der Waals surface area contributed by atoms with Crippen LogP contribution in [-0.4, -0.2) is 35.9 Å². The first-order valence-corrected chi connectivity index (χ1v) is 8.39. The van der Waals surface area contributed by atoms with E-state index in [1.807, 2.05) is 25.0 Å². The minimum atomic E-state index is 0.302. The zero-order chi connectivity index (χ0) is 16.4. The van der Waals surface area contributed by atoms with Gasteiger partial charge in [0.1, 0.15) is 0 Å². The molecular weight excluding hydrogens is 274 g/mol. The Labute approximate surface area is 135 Å². The van der Waals surface area contributed by atoms with Crippen molar-refractivity contribution in [1.82, 2.24) is 20.4 Å². The van der Waals surface area contributed by atoms with E-state index in [0.717, 1.165) is 25.5 Å². The van der Waals surface area contributed by atoms with E-state index in [1.165, 1.54) is 31.2 Å². The number of hydrogen-bond acceptors (Lipinski definition) is 2. The Hall–Kier alpha value is -1.52. The van der Waals surface area contributed by atoms with Crippen LogP contribution in [0.1, 0.15) is 52.0 Å². The van der Waals surface area contributed by atoms with Crippen molar-refractivity contribution in [3.63, 3.8) is 0 Å². The van der Waals surface area contributed by atoms with Gasteiger partial charge >= 0.3 is 0 Å². The molecule has 0 atom stereocenters. The predicted octanol–water partition coefficient (Wildman–Crippen LogP) is 2.73. The summed E-state index contributed by atoms with van der Waals surface area (Å²) in [6.07, 6.45) is 10.1. The van der Waals surface area contributed by atoms with E-state index < -0.39 is 0 Å². The van der Waals surface area contributed by atoms with Crippen LogP contribution in [0.25, 0.3) is 0 Å². The summed E-state index contributed by atoms with van der Waals surface area (Å²) in [4.78, 5) is 4.30. The summed E-state index contributed by atoms with van der Waals surface area (Å²) in [5.74, 6) is 0.882. The van der Waals surface area contributed by atoms with Crippen LogP contribution in [0.3, 0.4) is 0 Å². The summed E-state index contributed by atoms with van der Waals surface area (Å²) < 4.78 is 1.83. The number of nitrogens with one attached hydrogen (secondary N) is 2. The van der Waals surface area contributed by atoms with Gasteiger partial charge in [-0.3, -0.25) is 9.67 Å². The molecule has 5 nitrogen and oxygen atoms in total. The fraction of sp³-hybridized carbons (Fsp3) is 0.765. The SMILES string of the molecule is CCCCCC(C)(C)CNC(=NC)NCCc1cnn(C)c1. The Morgan fingerprint density at radius 3 is 2.68 bits per heavy atom. The second kappa shape index (κ2) is 9.49. The maximum atomic E-state index is 4.30. The highest BCUT2D eigenvalue weighted by molar-refractivity contribution is 5.79. The molecule has 1 aromatic rings. The van der Waals surface area contributed by atoms with Crippen molar-refractivity contribution in [3.05, 3.63) is 18.0 Å². The van der Waals surface area contributed by atoms with E-state index >= 15 is 0 Å². The van der Waals surface area contributed by atoms with Crippen LogP contribution in [0.15, 0.2) is 17.4 Å². The first-order valence-electron chi connectivity index (χ1n) is 8.39. The Morgan fingerprint density at radius 1 is 1.32 bits per heavy atom. The van der Waals surface area contributed by atoms with Crippen molar-refractivity contribution in [2.45, 2.75) is 52.9 Å². The fourth-order valence-electron chi connectivity index (χ4n) is 2.41. The van der Waals surface area contributed by atoms with E-state index in [4.69, 9.17) is 0 Å². The zero-order valence-electron chi connectivity index (χ0n) is 14.9. The molecule has 0 amide bonds. The number of unbranched alkanes of at least 4 members (excludes halogenated alkanes) is 2. The lowest BCUT2D eigenvalue weighted by molar-refractivity contribution is 0.318. The van der Waals surface area contributed by atoms with E-state index in [9.17, 15) is 0 Å². The molecule has 22 heavy (non-hydrogen) atoms. The molecule has 0 fully saturated rings. The molecule has 2 N–H and O–H groups in total. The second-order valence-corrected chi connectivity index (χ2v) is 6.75. The molecule has 1 aromatic heterocycles. The van der Waals surface area contributed by atoms with Crippen LogP contribution in [-0.2, 0) is 13.5 Å². The molecule has 5 heteroatoms. The summed E-state index contributed by atoms with van der Waals surface area (Å²) in [6.45, 7) is 8.70. The van der Waals surface area contributed by atoms with E-state index in [-0.39, 0.29) is 0 Å². The van der Waals surface area contributed by atoms with Crippen molar-refractivity contribution in [2.75, 3.05) is 20.1 Å². The van der Waals surface area contributed by atoms with Crippen LogP contribution in [0.4, 0.5) is 0 Å². The Balaban J connectivity index is 2.26. The van der Waals surface area contributed by atoms with E-state index in [0.29, 0.717) is 5.41 Å². The van der Waals surface area contributed by atoms with E-state index in [2.05, 4.69) is 47.7 Å². The molecule has 0 spiro atoms. The minimum Gasteiger partial charge on any atom is -0.356 e. The lowest BCUT2D eigenvalue weighted by atomic mass is 9.87. The Bertz CT molecular complexity index is 448. The Kier molecular flexibility index (Phi) is 7.99. The van der Waals surface area contributed by atoms with Gasteiger partial charge in [0, 0.05) is 33.4 Å². The van der Waals surface area contributed by atoms with Gasteiger partial charge in [-0.1, -0.05) is 40.0 Å². The van der Waals surface area contributed by atoms with Gasteiger partial charge in [-0.05, 0) is 23.8 Å². The average molecular weight is 307 g/mol. The summed E-state index contributed by atoms with van der Waals surface area (Å²) in [7, 11) is 3.77. The number of nitrogens with zero attached hydrogens (tertiary/aromatic N) is 3. The first kappa shape index (κ1) is 18.5. The summed E-state index contributed by atoms with van der Waals surface area (Å²) >= 11 is 0. The summed E-state index contributed by atoms with van der Waals surface area (Å²) in [6, 6.07) is 0. The predicted molar refractivity (Wildman–Crippen MR) is 94.2 cm³/mol. The third-order valence-corrected chi connectivity index (χ3v) is 3.88. The topological polar surface area (TPSA) is 54.2 Å². The van der Waals surface area contributed by atoms with E-state index in [1.54, 1.807) is 0 Å². The average Bonchev–Trinajstić information content (AvgIpc) is 2.88. The van der Waals surface area contributed by atoms with Crippen LogP contribution in [0.2, 0.25) is 0 Å². The minimum absolute atomic E-state index is 0.302. The molecular formula is C17H33N5. The molecule has 1 rings (SSSR count). The van der Waals surface area contributed by atoms with Gasteiger partial charge in [0.2, 0.25) is 0 Å². The highest BCUT2D eigenvalue weighted by atomic mass is 15.2. The lowest BCUT2D eigenvalue weighted by Crippen LogP contribution is -2.42. The molecule has 0 aliphatic rings. The first-order chi connectivity index (χ1) is 10.5. The van der Waals surface area contributed by atoms with Crippen molar-refractivity contribution >= 4 is 5.96 Å². The highest BCUT2D eigenvalue weighted by Crippen LogP contribution is 2.22. The largest absolute Gasteiger partial charge is 0.356 e. The third kappa shape index (κ3) is 7.48. The third-order valence-electron chi connectivity index (χ3n) is 3.88. The summed E-state index contributed by atoms with van der Waals surface area (Å²) in [5.41, 5.74) is 1.54. The molecule has 0 radical (unpaired) electrons. The van der Waals surface area contributed by atoms with Crippen LogP contribution in [0.5, 0.6) is 0 Å². The lowest BCUT2D eigenvalue weighted by Gasteiger charge is -2.26. The number of aromatic nitrogens is 2. The van der Waals surface area contributed by atoms with Gasteiger partial charge in [-0.25, -0.2) is 0 Å². The number of guanidine groups is 1. The Morgan fingerprint density at radius 2 is 2.09 bits per heavy atom. The van der Waals surface area contributed by atoms with Crippen molar-refractivity contribution in [2.24, 2.45) is 17.5 Å². The zero-order valence-corrected chi connectivity index (χ0v) is 14.9. The standard InChI is InChI=1S/C17H33N5/c1-6-7-8-10-17(2,3)14-20-16(18-4)19-11-9-15-12-21-22(5)13-15/h12-13H,6-11,14H2,1-5H3,(H2,18,19,20). The number of aliphatic imine (C=N–C) groups is 1. The van der Waals surface area contributed by atoms with Crippen LogP contribution in [0, 0.1) is 5.41 Å². The van der Waals surface area contributed by atoms with Crippen molar-refractivity contribution in [3.8, 4) is 0 Å². The van der Waals surface area contributed by atoms with Crippen molar-refractivity contribution < 1.29 is 0 Å². The quantitative estimate of drug-likeness (QED) is 0.419. The van der Waals surface area contributed by atoms with Gasteiger partial charge in [-0.15, -0.1) is 0 Å². The maximum Gasteiger partial charge on any atom is 0.191 e. The van der Waals surface area contributed by atoms with Gasteiger partial charge in [0.25, 0.3) is 0 Å². The second-order valence-electron chi connectivity index (χ2n) is 6.75. The smallest absolute Gasteiger partial charge is 0.191 e. The monoisotopic (exact) mass is 307 g/mol. The molecule has 0 saturated heterocycles. The molecule has 126 valence electrons. The highest BCUT2D eigenvalue weighted by Gasteiger charge is 2.17. The molecule has 1 heterocycles. The number of rotatable bonds is 9. The molecule has 0 bridgehead atoms. The van der Waals surface area contributed by atoms with Gasteiger partial charge in [0.05, 0.1) is 6.20 Å². The molecule has 0 aliphatic carbocycles. The van der Waals surface area contributed by atoms with Crippen LogP contribution >= 0.6 is 0 Å². The number of aryl methyl sites for hydroxylation is 1. The molecule has 0 saturated carbocycles. The van der Waals surface area contributed by atoms with Gasteiger partial charge in [0.15, 0.2) is 5.96 Å². The summed E-state index contributed by atoms with van der Waals surface area (Å²) in [5, 5.41) is 11.0.